The highest BCUT2D eigenvalue weighted by molar-refractivity contribution is 9.09. The first-order valence-corrected chi connectivity index (χ1v) is 6.84. The summed E-state index contributed by atoms with van der Waals surface area (Å²) >= 11 is 3.22. The zero-order valence-corrected chi connectivity index (χ0v) is 12.1. The number of amides is 1. The van der Waals surface area contributed by atoms with Crippen molar-refractivity contribution in [1.29, 1.82) is 0 Å². The first-order chi connectivity index (χ1) is 9.04. The lowest BCUT2D eigenvalue weighted by Crippen LogP contribution is -2.27. The molecule has 0 aliphatic heterocycles. The van der Waals surface area contributed by atoms with Crippen LogP contribution < -0.4 is 5.32 Å². The second-order valence-corrected chi connectivity index (χ2v) is 4.66. The SMILES string of the molecule is Cc1cc(C(=O)NCCOCCBr)cc([N+](=O)[O-])c1. The van der Waals surface area contributed by atoms with E-state index in [9.17, 15) is 14.9 Å². The topological polar surface area (TPSA) is 81.5 Å². The van der Waals surface area contributed by atoms with Gasteiger partial charge in [0, 0.05) is 29.6 Å². The number of hydrogen-bond acceptors (Lipinski definition) is 4. The summed E-state index contributed by atoms with van der Waals surface area (Å²) < 4.78 is 5.18. The zero-order valence-electron chi connectivity index (χ0n) is 10.5. The van der Waals surface area contributed by atoms with Gasteiger partial charge in [-0.1, -0.05) is 15.9 Å². The number of nitrogens with one attached hydrogen (secondary N) is 1. The third kappa shape index (κ3) is 5.35. The van der Waals surface area contributed by atoms with Gasteiger partial charge in [0.1, 0.15) is 0 Å². The van der Waals surface area contributed by atoms with E-state index >= 15 is 0 Å². The van der Waals surface area contributed by atoms with Crippen LogP contribution in [0.25, 0.3) is 0 Å². The number of hydrogen-bond donors (Lipinski definition) is 1. The van der Waals surface area contributed by atoms with E-state index in [0.29, 0.717) is 25.3 Å². The Labute approximate surface area is 119 Å². The molecule has 0 bridgehead atoms. The highest BCUT2D eigenvalue weighted by atomic mass is 79.9. The van der Waals surface area contributed by atoms with Gasteiger partial charge in [-0.3, -0.25) is 14.9 Å². The smallest absolute Gasteiger partial charge is 0.270 e. The van der Waals surface area contributed by atoms with Crippen molar-refractivity contribution < 1.29 is 14.5 Å². The molecule has 1 N–H and O–H groups in total. The number of benzene rings is 1. The van der Waals surface area contributed by atoms with Crippen LogP contribution in [-0.4, -0.2) is 35.9 Å². The molecular formula is C12H15BrN2O4. The monoisotopic (exact) mass is 330 g/mol. The van der Waals surface area contributed by atoms with Crippen LogP contribution in [0.1, 0.15) is 15.9 Å². The molecule has 104 valence electrons. The van der Waals surface area contributed by atoms with E-state index in [1.165, 1.54) is 12.1 Å². The van der Waals surface area contributed by atoms with Gasteiger partial charge in [0.05, 0.1) is 18.1 Å². The summed E-state index contributed by atoms with van der Waals surface area (Å²) in [5.41, 5.74) is 0.878. The van der Waals surface area contributed by atoms with Crippen LogP contribution in [0.3, 0.4) is 0 Å². The molecule has 0 saturated carbocycles. The van der Waals surface area contributed by atoms with Gasteiger partial charge in [-0.05, 0) is 18.6 Å². The van der Waals surface area contributed by atoms with Crippen LogP contribution >= 0.6 is 15.9 Å². The predicted molar refractivity (Wildman–Crippen MR) is 74.8 cm³/mol. The van der Waals surface area contributed by atoms with E-state index in [-0.39, 0.29) is 17.2 Å². The zero-order chi connectivity index (χ0) is 14.3. The summed E-state index contributed by atoms with van der Waals surface area (Å²) in [7, 11) is 0. The molecule has 1 aromatic rings. The lowest BCUT2D eigenvalue weighted by atomic mass is 10.1. The minimum atomic E-state index is -0.511. The minimum absolute atomic E-state index is 0.0827. The Hall–Kier alpha value is -1.47. The van der Waals surface area contributed by atoms with Crippen LogP contribution in [0, 0.1) is 17.0 Å². The summed E-state index contributed by atoms with van der Waals surface area (Å²) in [6.45, 7) is 3.06. The van der Waals surface area contributed by atoms with Crippen molar-refractivity contribution in [3.05, 3.63) is 39.4 Å². The van der Waals surface area contributed by atoms with Crippen LogP contribution in [0.4, 0.5) is 5.69 Å². The van der Waals surface area contributed by atoms with Gasteiger partial charge in [0.2, 0.25) is 0 Å². The van der Waals surface area contributed by atoms with Gasteiger partial charge in [-0.2, -0.15) is 0 Å². The molecule has 0 aliphatic rings. The Balaban J connectivity index is 2.59. The molecule has 0 radical (unpaired) electrons. The number of alkyl halides is 1. The highest BCUT2D eigenvalue weighted by Crippen LogP contribution is 2.16. The lowest BCUT2D eigenvalue weighted by molar-refractivity contribution is -0.384. The molecule has 19 heavy (non-hydrogen) atoms. The van der Waals surface area contributed by atoms with Gasteiger partial charge in [0.15, 0.2) is 0 Å². The first-order valence-electron chi connectivity index (χ1n) is 5.72. The third-order valence-electron chi connectivity index (χ3n) is 2.29. The van der Waals surface area contributed by atoms with Crippen LogP contribution in [0.5, 0.6) is 0 Å². The van der Waals surface area contributed by atoms with Crippen molar-refractivity contribution in [3.63, 3.8) is 0 Å². The van der Waals surface area contributed by atoms with Crippen molar-refractivity contribution in [2.45, 2.75) is 6.92 Å². The lowest BCUT2D eigenvalue weighted by Gasteiger charge is -2.06. The Morgan fingerprint density at radius 1 is 1.42 bits per heavy atom. The highest BCUT2D eigenvalue weighted by Gasteiger charge is 2.12. The average molecular weight is 331 g/mol. The molecule has 0 spiro atoms. The molecule has 0 heterocycles. The molecule has 0 aromatic heterocycles. The quantitative estimate of drug-likeness (QED) is 0.359. The molecular weight excluding hydrogens is 316 g/mol. The molecule has 7 heteroatoms. The van der Waals surface area contributed by atoms with Crippen LogP contribution in [0.2, 0.25) is 0 Å². The number of aryl methyl sites for hydroxylation is 1. The normalized spacial score (nSPS) is 10.2. The Bertz CT molecular complexity index is 465. The summed E-state index contributed by atoms with van der Waals surface area (Å²) in [4.78, 5) is 22.0. The second-order valence-electron chi connectivity index (χ2n) is 3.87. The van der Waals surface area contributed by atoms with Gasteiger partial charge in [0.25, 0.3) is 11.6 Å². The number of halogens is 1. The maximum absolute atomic E-state index is 11.8. The van der Waals surface area contributed by atoms with Crippen molar-refractivity contribution in [2.75, 3.05) is 25.1 Å². The molecule has 6 nitrogen and oxygen atoms in total. The number of nitro groups is 1. The van der Waals surface area contributed by atoms with Gasteiger partial charge >= 0.3 is 0 Å². The molecule has 0 saturated heterocycles. The largest absolute Gasteiger partial charge is 0.379 e. The van der Waals surface area contributed by atoms with E-state index in [1.807, 2.05) is 0 Å². The molecule has 0 aliphatic carbocycles. The molecule has 0 unspecified atom stereocenters. The van der Waals surface area contributed by atoms with Gasteiger partial charge in [-0.15, -0.1) is 0 Å². The molecule has 1 aromatic carbocycles. The van der Waals surface area contributed by atoms with Crippen LogP contribution in [0.15, 0.2) is 18.2 Å². The van der Waals surface area contributed by atoms with Gasteiger partial charge < -0.3 is 10.1 Å². The number of carbonyl (C=O) groups excluding carboxylic acids is 1. The number of rotatable bonds is 7. The standard InChI is InChI=1S/C12H15BrN2O4/c1-9-6-10(8-11(7-9)15(17)18)12(16)14-3-5-19-4-2-13/h6-8H,2-5H2,1H3,(H,14,16). The minimum Gasteiger partial charge on any atom is -0.379 e. The van der Waals surface area contributed by atoms with Crippen LogP contribution in [-0.2, 0) is 4.74 Å². The van der Waals surface area contributed by atoms with Crippen molar-refractivity contribution in [3.8, 4) is 0 Å². The number of ether oxygens (including phenoxy) is 1. The van der Waals surface area contributed by atoms with E-state index in [4.69, 9.17) is 4.74 Å². The Morgan fingerprint density at radius 2 is 2.16 bits per heavy atom. The maximum Gasteiger partial charge on any atom is 0.270 e. The number of nitro benzene ring substituents is 1. The predicted octanol–water partition coefficient (Wildman–Crippen LogP) is 2.04. The number of carbonyl (C=O) groups is 1. The summed E-state index contributed by atoms with van der Waals surface area (Å²) in [6, 6.07) is 4.30. The van der Waals surface area contributed by atoms with Crippen molar-refractivity contribution in [2.24, 2.45) is 0 Å². The van der Waals surface area contributed by atoms with E-state index in [2.05, 4.69) is 21.2 Å². The fourth-order valence-corrected chi connectivity index (χ4v) is 1.72. The second kappa shape index (κ2) is 7.85. The van der Waals surface area contributed by atoms with Crippen molar-refractivity contribution >= 4 is 27.5 Å². The molecule has 1 rings (SSSR count). The molecule has 0 atom stereocenters. The van der Waals surface area contributed by atoms with E-state index < -0.39 is 4.92 Å². The average Bonchev–Trinajstić information content (AvgIpc) is 2.37. The summed E-state index contributed by atoms with van der Waals surface area (Å²) in [5, 5.41) is 14.1. The molecule has 0 fully saturated rings. The molecule has 1 amide bonds. The number of non-ortho nitro benzene ring substituents is 1. The van der Waals surface area contributed by atoms with E-state index in [0.717, 1.165) is 5.33 Å². The fourth-order valence-electron chi connectivity index (χ4n) is 1.49. The fraction of sp³-hybridized carbons (Fsp3) is 0.417. The summed E-state index contributed by atoms with van der Waals surface area (Å²) in [6.07, 6.45) is 0. The van der Waals surface area contributed by atoms with Gasteiger partial charge in [-0.25, -0.2) is 0 Å². The Kier molecular flexibility index (Phi) is 6.44. The van der Waals surface area contributed by atoms with Crippen molar-refractivity contribution in [1.82, 2.24) is 5.32 Å². The number of nitrogens with zero attached hydrogens (tertiary/aromatic N) is 1. The first kappa shape index (κ1) is 15.6. The third-order valence-corrected chi connectivity index (χ3v) is 2.61. The van der Waals surface area contributed by atoms with E-state index in [1.54, 1.807) is 13.0 Å². The Morgan fingerprint density at radius 3 is 2.79 bits per heavy atom. The maximum atomic E-state index is 11.8. The summed E-state index contributed by atoms with van der Waals surface area (Å²) in [5.74, 6) is -0.339.